The van der Waals surface area contributed by atoms with Crippen LogP contribution in [0.25, 0.3) is 0 Å². The lowest BCUT2D eigenvalue weighted by Gasteiger charge is -2.28. The first kappa shape index (κ1) is 12.5. The molecule has 3 atom stereocenters. The molecule has 15 heavy (non-hydrogen) atoms. The van der Waals surface area contributed by atoms with Gasteiger partial charge in [-0.3, -0.25) is 0 Å². The van der Waals surface area contributed by atoms with Crippen LogP contribution in [0.3, 0.4) is 0 Å². The van der Waals surface area contributed by atoms with Crippen molar-refractivity contribution >= 4 is 5.97 Å². The Morgan fingerprint density at radius 3 is 2.80 bits per heavy atom. The molecular weight excluding hydrogens is 196 g/mol. The highest BCUT2D eigenvalue weighted by molar-refractivity contribution is 5.72. The smallest absolute Gasteiger partial charge is 0.333 e. The molecule has 0 aromatic carbocycles. The van der Waals surface area contributed by atoms with Crippen LogP contribution < -0.4 is 0 Å². The van der Waals surface area contributed by atoms with Crippen molar-refractivity contribution in [1.29, 1.82) is 0 Å². The average Bonchev–Trinajstić information content (AvgIpc) is 2.26. The Morgan fingerprint density at radius 2 is 2.33 bits per heavy atom. The Labute approximate surface area is 90.6 Å². The van der Waals surface area contributed by atoms with Gasteiger partial charge in [-0.15, -0.1) is 0 Å². The van der Waals surface area contributed by atoms with Gasteiger partial charge >= 0.3 is 5.97 Å². The summed E-state index contributed by atoms with van der Waals surface area (Å²) >= 11 is 0. The predicted octanol–water partition coefficient (Wildman–Crippen LogP) is 2.03. The number of aliphatic carboxylic acids is 1. The normalized spacial score (nSPS) is 25.9. The molecule has 1 unspecified atom stereocenters. The van der Waals surface area contributed by atoms with Gasteiger partial charge in [0.05, 0.1) is 0 Å². The number of carboxylic acids is 1. The molecule has 1 aliphatic heterocycles. The Kier molecular flexibility index (Phi) is 5.05. The minimum absolute atomic E-state index is 0.0213. The van der Waals surface area contributed by atoms with Crippen LogP contribution in [0.1, 0.15) is 39.5 Å². The summed E-state index contributed by atoms with van der Waals surface area (Å²) in [6.07, 6.45) is 2.63. The van der Waals surface area contributed by atoms with E-state index in [9.17, 15) is 4.79 Å². The molecule has 0 radical (unpaired) electrons. The Balaban J connectivity index is 2.45. The third-order valence-electron chi connectivity index (χ3n) is 2.84. The number of carbonyl (C=O) groups is 1. The summed E-state index contributed by atoms with van der Waals surface area (Å²) in [6, 6.07) is 0. The van der Waals surface area contributed by atoms with Crippen molar-refractivity contribution in [1.82, 2.24) is 0 Å². The minimum Gasteiger partial charge on any atom is -0.479 e. The van der Waals surface area contributed by atoms with Gasteiger partial charge in [0.1, 0.15) is 0 Å². The summed E-state index contributed by atoms with van der Waals surface area (Å²) in [5.74, 6) is -0.869. The van der Waals surface area contributed by atoms with Crippen LogP contribution in [0.15, 0.2) is 0 Å². The van der Waals surface area contributed by atoms with Crippen molar-refractivity contribution < 1.29 is 19.4 Å². The van der Waals surface area contributed by atoms with Gasteiger partial charge in [0.15, 0.2) is 12.4 Å². The molecule has 1 rings (SSSR count). The van der Waals surface area contributed by atoms with Crippen molar-refractivity contribution in [3.8, 4) is 0 Å². The first-order chi connectivity index (χ1) is 7.15. The number of ether oxygens (including phenoxy) is 2. The van der Waals surface area contributed by atoms with E-state index in [2.05, 4.69) is 0 Å². The predicted molar refractivity (Wildman–Crippen MR) is 55.6 cm³/mol. The fraction of sp³-hybridized carbons (Fsp3) is 0.909. The molecule has 0 bridgehead atoms. The van der Waals surface area contributed by atoms with E-state index in [1.807, 2.05) is 13.8 Å². The number of rotatable bonds is 5. The second kappa shape index (κ2) is 6.08. The standard InChI is InChI=1S/C11H20O4/c1-3-8(2)10(11(12)13)15-9-6-4-5-7-14-9/h8-10H,3-7H2,1-2H3,(H,12,13)/t8-,9?,10-/m0/s1. The van der Waals surface area contributed by atoms with Gasteiger partial charge in [0.25, 0.3) is 0 Å². The van der Waals surface area contributed by atoms with Crippen molar-refractivity contribution in [2.24, 2.45) is 5.92 Å². The molecule has 4 nitrogen and oxygen atoms in total. The SMILES string of the molecule is CC[C@H](C)[C@H](OC1CCCCO1)C(=O)O. The van der Waals surface area contributed by atoms with Crippen LogP contribution in [0, 0.1) is 5.92 Å². The summed E-state index contributed by atoms with van der Waals surface area (Å²) in [4.78, 5) is 11.0. The van der Waals surface area contributed by atoms with E-state index in [0.29, 0.717) is 6.61 Å². The van der Waals surface area contributed by atoms with E-state index in [4.69, 9.17) is 14.6 Å². The fourth-order valence-corrected chi connectivity index (χ4v) is 1.63. The van der Waals surface area contributed by atoms with Gasteiger partial charge in [0.2, 0.25) is 0 Å². The van der Waals surface area contributed by atoms with Crippen LogP contribution in [-0.4, -0.2) is 30.1 Å². The van der Waals surface area contributed by atoms with E-state index in [1.54, 1.807) is 0 Å². The Hall–Kier alpha value is -0.610. The van der Waals surface area contributed by atoms with Crippen LogP contribution in [-0.2, 0) is 14.3 Å². The molecule has 4 heteroatoms. The number of hydrogen-bond acceptors (Lipinski definition) is 3. The lowest BCUT2D eigenvalue weighted by molar-refractivity contribution is -0.208. The number of hydrogen-bond donors (Lipinski definition) is 1. The summed E-state index contributed by atoms with van der Waals surface area (Å²) in [5, 5.41) is 9.02. The Morgan fingerprint density at radius 1 is 1.60 bits per heavy atom. The van der Waals surface area contributed by atoms with Crippen molar-refractivity contribution in [3.05, 3.63) is 0 Å². The van der Waals surface area contributed by atoms with Gasteiger partial charge in [-0.05, 0) is 25.2 Å². The lowest BCUT2D eigenvalue weighted by Crippen LogP contribution is -2.36. The zero-order valence-corrected chi connectivity index (χ0v) is 9.44. The second-order valence-corrected chi connectivity index (χ2v) is 4.08. The van der Waals surface area contributed by atoms with Crippen LogP contribution >= 0.6 is 0 Å². The van der Waals surface area contributed by atoms with Gasteiger partial charge in [0, 0.05) is 6.61 Å². The third kappa shape index (κ3) is 3.80. The molecule has 0 aliphatic carbocycles. The summed E-state index contributed by atoms with van der Waals surface area (Å²) in [5.41, 5.74) is 0. The average molecular weight is 216 g/mol. The fourth-order valence-electron chi connectivity index (χ4n) is 1.63. The molecule has 0 amide bonds. The molecule has 1 saturated heterocycles. The maximum Gasteiger partial charge on any atom is 0.333 e. The lowest BCUT2D eigenvalue weighted by atomic mass is 10.0. The van der Waals surface area contributed by atoms with Crippen molar-refractivity contribution in [2.45, 2.75) is 51.9 Å². The van der Waals surface area contributed by atoms with Crippen LogP contribution in [0.2, 0.25) is 0 Å². The summed E-state index contributed by atoms with van der Waals surface area (Å²) < 4.78 is 10.9. The van der Waals surface area contributed by atoms with Crippen molar-refractivity contribution in [3.63, 3.8) is 0 Å². The third-order valence-corrected chi connectivity index (χ3v) is 2.84. The topological polar surface area (TPSA) is 55.8 Å². The quantitative estimate of drug-likeness (QED) is 0.764. The largest absolute Gasteiger partial charge is 0.479 e. The first-order valence-electron chi connectivity index (χ1n) is 5.65. The monoisotopic (exact) mass is 216 g/mol. The van der Waals surface area contributed by atoms with Crippen molar-refractivity contribution in [2.75, 3.05) is 6.61 Å². The summed E-state index contributed by atoms with van der Waals surface area (Å²) in [7, 11) is 0. The second-order valence-electron chi connectivity index (χ2n) is 4.08. The zero-order chi connectivity index (χ0) is 11.3. The zero-order valence-electron chi connectivity index (χ0n) is 9.44. The molecule has 1 aliphatic rings. The molecule has 1 fully saturated rings. The van der Waals surface area contributed by atoms with E-state index < -0.39 is 12.1 Å². The maximum atomic E-state index is 11.0. The van der Waals surface area contributed by atoms with E-state index >= 15 is 0 Å². The van der Waals surface area contributed by atoms with Crippen LogP contribution in [0.5, 0.6) is 0 Å². The molecule has 1 N–H and O–H groups in total. The van der Waals surface area contributed by atoms with Gasteiger partial charge in [-0.25, -0.2) is 4.79 Å². The van der Waals surface area contributed by atoms with Gasteiger partial charge in [-0.1, -0.05) is 20.3 Å². The molecular formula is C11H20O4. The van der Waals surface area contributed by atoms with Crippen LogP contribution in [0.4, 0.5) is 0 Å². The van der Waals surface area contributed by atoms with E-state index in [-0.39, 0.29) is 12.2 Å². The number of carboxylic acid groups (broad SMARTS) is 1. The molecule has 1 heterocycles. The maximum absolute atomic E-state index is 11.0. The first-order valence-corrected chi connectivity index (χ1v) is 5.65. The highest BCUT2D eigenvalue weighted by atomic mass is 16.7. The summed E-state index contributed by atoms with van der Waals surface area (Å²) in [6.45, 7) is 4.53. The molecule has 88 valence electrons. The van der Waals surface area contributed by atoms with Gasteiger partial charge < -0.3 is 14.6 Å². The van der Waals surface area contributed by atoms with Gasteiger partial charge in [-0.2, -0.15) is 0 Å². The Bertz CT molecular complexity index is 199. The van der Waals surface area contributed by atoms with E-state index in [0.717, 1.165) is 25.7 Å². The highest BCUT2D eigenvalue weighted by Crippen LogP contribution is 2.20. The highest BCUT2D eigenvalue weighted by Gasteiger charge is 2.28. The molecule has 0 saturated carbocycles. The van der Waals surface area contributed by atoms with E-state index in [1.165, 1.54) is 0 Å². The molecule has 0 spiro atoms. The minimum atomic E-state index is -0.890. The molecule has 0 aromatic rings. The molecule has 0 aromatic heterocycles.